The summed E-state index contributed by atoms with van der Waals surface area (Å²) in [5.74, 6) is -1.45. The molecule has 0 aliphatic carbocycles. The SMILES string of the molecule is CCc1ccc(/C=N/NC(=O)C(=O)NC(C)C)cc1. The van der Waals surface area contributed by atoms with Crippen molar-refractivity contribution in [3.8, 4) is 0 Å². The van der Waals surface area contributed by atoms with Crippen LogP contribution in [0.3, 0.4) is 0 Å². The fourth-order valence-corrected chi connectivity index (χ4v) is 1.38. The lowest BCUT2D eigenvalue weighted by Gasteiger charge is -2.05. The Hall–Kier alpha value is -2.17. The summed E-state index contributed by atoms with van der Waals surface area (Å²) in [5.41, 5.74) is 4.28. The predicted molar refractivity (Wildman–Crippen MR) is 74.8 cm³/mol. The molecule has 0 saturated carbocycles. The molecule has 102 valence electrons. The molecule has 0 bridgehead atoms. The number of rotatable bonds is 4. The first-order valence-corrected chi connectivity index (χ1v) is 6.25. The lowest BCUT2D eigenvalue weighted by atomic mass is 10.1. The van der Waals surface area contributed by atoms with Gasteiger partial charge in [-0.2, -0.15) is 5.10 Å². The van der Waals surface area contributed by atoms with Crippen molar-refractivity contribution in [2.45, 2.75) is 33.2 Å². The van der Waals surface area contributed by atoms with E-state index in [1.54, 1.807) is 13.8 Å². The molecule has 1 aromatic carbocycles. The highest BCUT2D eigenvalue weighted by molar-refractivity contribution is 6.35. The zero-order valence-corrected chi connectivity index (χ0v) is 11.4. The Morgan fingerprint density at radius 1 is 1.21 bits per heavy atom. The highest BCUT2D eigenvalue weighted by Gasteiger charge is 2.12. The molecule has 0 fully saturated rings. The van der Waals surface area contributed by atoms with Gasteiger partial charge in [0.15, 0.2) is 0 Å². The molecule has 0 aliphatic heterocycles. The largest absolute Gasteiger partial charge is 0.346 e. The summed E-state index contributed by atoms with van der Waals surface area (Å²) in [7, 11) is 0. The Balaban J connectivity index is 2.48. The minimum atomic E-state index is -0.768. The fraction of sp³-hybridized carbons (Fsp3) is 0.357. The van der Waals surface area contributed by atoms with Crippen LogP contribution >= 0.6 is 0 Å². The van der Waals surface area contributed by atoms with Gasteiger partial charge >= 0.3 is 11.8 Å². The number of amides is 2. The van der Waals surface area contributed by atoms with Gasteiger partial charge < -0.3 is 5.32 Å². The quantitative estimate of drug-likeness (QED) is 0.486. The van der Waals surface area contributed by atoms with Crippen molar-refractivity contribution < 1.29 is 9.59 Å². The number of hydrogen-bond acceptors (Lipinski definition) is 3. The summed E-state index contributed by atoms with van der Waals surface area (Å²) in [6.45, 7) is 5.64. The van der Waals surface area contributed by atoms with Gasteiger partial charge in [-0.05, 0) is 31.4 Å². The van der Waals surface area contributed by atoms with E-state index in [-0.39, 0.29) is 6.04 Å². The minimum absolute atomic E-state index is 0.0798. The van der Waals surface area contributed by atoms with Crippen LogP contribution < -0.4 is 10.7 Å². The second kappa shape index (κ2) is 7.31. The van der Waals surface area contributed by atoms with Gasteiger partial charge in [0.05, 0.1) is 6.21 Å². The molecule has 0 spiro atoms. The van der Waals surface area contributed by atoms with Crippen LogP contribution in [0.15, 0.2) is 29.4 Å². The number of nitrogens with zero attached hydrogens (tertiary/aromatic N) is 1. The van der Waals surface area contributed by atoms with Crippen molar-refractivity contribution in [2.24, 2.45) is 5.10 Å². The van der Waals surface area contributed by atoms with E-state index in [2.05, 4.69) is 22.8 Å². The monoisotopic (exact) mass is 261 g/mol. The van der Waals surface area contributed by atoms with E-state index in [1.807, 2.05) is 24.3 Å². The van der Waals surface area contributed by atoms with Gasteiger partial charge in [0.1, 0.15) is 0 Å². The van der Waals surface area contributed by atoms with Crippen molar-refractivity contribution in [3.63, 3.8) is 0 Å². The molecule has 0 unspecified atom stereocenters. The average molecular weight is 261 g/mol. The van der Waals surface area contributed by atoms with E-state index in [9.17, 15) is 9.59 Å². The molecule has 0 saturated heterocycles. The van der Waals surface area contributed by atoms with Gasteiger partial charge in [-0.25, -0.2) is 5.43 Å². The van der Waals surface area contributed by atoms with Crippen molar-refractivity contribution in [1.29, 1.82) is 0 Å². The van der Waals surface area contributed by atoms with Crippen LogP contribution in [-0.4, -0.2) is 24.1 Å². The molecule has 0 radical (unpaired) electrons. The number of hydrazone groups is 1. The molecule has 0 aliphatic rings. The van der Waals surface area contributed by atoms with Crippen molar-refractivity contribution in [2.75, 3.05) is 0 Å². The van der Waals surface area contributed by atoms with Crippen LogP contribution in [0.5, 0.6) is 0 Å². The summed E-state index contributed by atoms with van der Waals surface area (Å²) in [4.78, 5) is 22.6. The number of benzene rings is 1. The lowest BCUT2D eigenvalue weighted by molar-refractivity contribution is -0.139. The minimum Gasteiger partial charge on any atom is -0.346 e. The normalized spacial score (nSPS) is 10.7. The van der Waals surface area contributed by atoms with E-state index in [1.165, 1.54) is 11.8 Å². The third-order valence-corrected chi connectivity index (χ3v) is 2.39. The topological polar surface area (TPSA) is 70.6 Å². The molecule has 5 nitrogen and oxygen atoms in total. The Bertz CT molecular complexity index is 464. The Kier molecular flexibility index (Phi) is 5.73. The first-order chi connectivity index (χ1) is 9.02. The third kappa shape index (κ3) is 5.33. The smallest absolute Gasteiger partial charge is 0.329 e. The fourth-order valence-electron chi connectivity index (χ4n) is 1.38. The summed E-state index contributed by atoms with van der Waals surface area (Å²) in [5, 5.41) is 6.22. The van der Waals surface area contributed by atoms with Crippen LogP contribution in [0.4, 0.5) is 0 Å². The standard InChI is InChI=1S/C14H19N3O2/c1-4-11-5-7-12(8-6-11)9-15-17-14(19)13(18)16-10(2)3/h5-10H,4H2,1-3H3,(H,16,18)(H,17,19)/b15-9+. The maximum atomic E-state index is 11.3. The van der Waals surface area contributed by atoms with E-state index >= 15 is 0 Å². The summed E-state index contributed by atoms with van der Waals surface area (Å²) >= 11 is 0. The Labute approximate surface area is 113 Å². The molecule has 1 aromatic rings. The van der Waals surface area contributed by atoms with Crippen LogP contribution in [0.2, 0.25) is 0 Å². The molecular formula is C14H19N3O2. The highest BCUT2D eigenvalue weighted by Crippen LogP contribution is 2.02. The van der Waals surface area contributed by atoms with E-state index in [0.717, 1.165) is 12.0 Å². The molecule has 5 heteroatoms. The summed E-state index contributed by atoms with van der Waals surface area (Å²) in [6, 6.07) is 7.72. The van der Waals surface area contributed by atoms with Crippen LogP contribution in [0.1, 0.15) is 31.9 Å². The highest BCUT2D eigenvalue weighted by atomic mass is 16.2. The summed E-state index contributed by atoms with van der Waals surface area (Å²) in [6.07, 6.45) is 2.48. The molecule has 1 rings (SSSR count). The van der Waals surface area contributed by atoms with Gasteiger partial charge in [0.25, 0.3) is 0 Å². The number of carbonyl (C=O) groups is 2. The predicted octanol–water partition coefficient (Wildman–Crippen LogP) is 1.22. The molecule has 2 N–H and O–H groups in total. The summed E-state index contributed by atoms with van der Waals surface area (Å²) < 4.78 is 0. The molecule has 0 atom stereocenters. The second-order valence-corrected chi connectivity index (χ2v) is 4.42. The number of aryl methyl sites for hydroxylation is 1. The molecule has 0 heterocycles. The van der Waals surface area contributed by atoms with E-state index in [4.69, 9.17) is 0 Å². The van der Waals surface area contributed by atoms with Crippen molar-refractivity contribution >= 4 is 18.0 Å². The zero-order valence-electron chi connectivity index (χ0n) is 11.4. The van der Waals surface area contributed by atoms with Gasteiger partial charge in [-0.3, -0.25) is 9.59 Å². The van der Waals surface area contributed by atoms with Crippen molar-refractivity contribution in [1.82, 2.24) is 10.7 Å². The maximum Gasteiger partial charge on any atom is 0.329 e. The first kappa shape index (κ1) is 14.9. The molecule has 2 amide bonds. The average Bonchev–Trinajstić information content (AvgIpc) is 2.38. The lowest BCUT2D eigenvalue weighted by Crippen LogP contribution is -2.41. The Morgan fingerprint density at radius 2 is 1.84 bits per heavy atom. The van der Waals surface area contributed by atoms with Gasteiger partial charge in [0, 0.05) is 6.04 Å². The number of hydrogen-bond donors (Lipinski definition) is 2. The van der Waals surface area contributed by atoms with Gasteiger partial charge in [-0.15, -0.1) is 0 Å². The van der Waals surface area contributed by atoms with Gasteiger partial charge in [0.2, 0.25) is 0 Å². The Morgan fingerprint density at radius 3 is 2.37 bits per heavy atom. The first-order valence-electron chi connectivity index (χ1n) is 6.25. The van der Waals surface area contributed by atoms with Crippen LogP contribution in [0.25, 0.3) is 0 Å². The number of carbonyl (C=O) groups excluding carboxylic acids is 2. The van der Waals surface area contributed by atoms with Gasteiger partial charge in [-0.1, -0.05) is 31.2 Å². The van der Waals surface area contributed by atoms with E-state index < -0.39 is 11.8 Å². The third-order valence-electron chi connectivity index (χ3n) is 2.39. The second-order valence-electron chi connectivity index (χ2n) is 4.42. The zero-order chi connectivity index (χ0) is 14.3. The molecule has 0 aromatic heterocycles. The van der Waals surface area contributed by atoms with Crippen molar-refractivity contribution in [3.05, 3.63) is 35.4 Å². The maximum absolute atomic E-state index is 11.3. The van der Waals surface area contributed by atoms with E-state index in [0.29, 0.717) is 0 Å². The molecule has 19 heavy (non-hydrogen) atoms. The molecular weight excluding hydrogens is 242 g/mol. The number of nitrogens with one attached hydrogen (secondary N) is 2. The van der Waals surface area contributed by atoms with Crippen LogP contribution in [-0.2, 0) is 16.0 Å². The van der Waals surface area contributed by atoms with Crippen LogP contribution in [0, 0.1) is 0 Å².